The van der Waals surface area contributed by atoms with Crippen LogP contribution in [-0.2, 0) is 0 Å². The molecule has 0 fully saturated rings. The summed E-state index contributed by atoms with van der Waals surface area (Å²) in [6.45, 7) is 0. The number of imidazole rings is 1. The quantitative estimate of drug-likeness (QED) is 0.248. The monoisotopic (exact) mass is 177 g/mol. The third-order valence-electron chi connectivity index (χ3n) is 1.68. The molecule has 0 unspecified atom stereocenters. The molecule has 0 aliphatic heterocycles. The van der Waals surface area contributed by atoms with E-state index in [0.717, 1.165) is 5.52 Å². The lowest BCUT2D eigenvalue weighted by atomic mass is 10.2. The Hall–Kier alpha value is -2.11. The van der Waals surface area contributed by atoms with Crippen molar-refractivity contribution in [1.82, 2.24) is 15.0 Å². The van der Waals surface area contributed by atoms with Crippen LogP contribution in [0.15, 0.2) is 23.7 Å². The first-order chi connectivity index (χ1) is 6.31. The summed E-state index contributed by atoms with van der Waals surface area (Å²) in [5.74, 6) is 0.0315. The SMILES string of the molecule is N/C(=N\O)c1cnc2nc[nH]c2c1. The summed E-state index contributed by atoms with van der Waals surface area (Å²) in [4.78, 5) is 10.8. The first kappa shape index (κ1) is 7.53. The van der Waals surface area contributed by atoms with Crippen molar-refractivity contribution in [2.75, 3.05) is 0 Å². The second-order valence-corrected chi connectivity index (χ2v) is 2.48. The molecular formula is C7H7N5O. The molecule has 0 saturated heterocycles. The third kappa shape index (κ3) is 1.18. The predicted octanol–water partition coefficient (Wildman–Crippen LogP) is 0.0524. The van der Waals surface area contributed by atoms with Gasteiger partial charge in [-0.25, -0.2) is 9.97 Å². The van der Waals surface area contributed by atoms with Crippen LogP contribution in [0, 0.1) is 0 Å². The lowest BCUT2D eigenvalue weighted by Gasteiger charge is -1.96. The fourth-order valence-electron chi connectivity index (χ4n) is 1.03. The van der Waals surface area contributed by atoms with Crippen molar-refractivity contribution in [3.63, 3.8) is 0 Å². The fourth-order valence-corrected chi connectivity index (χ4v) is 1.03. The van der Waals surface area contributed by atoms with Gasteiger partial charge in [0.1, 0.15) is 0 Å². The number of aromatic amines is 1. The smallest absolute Gasteiger partial charge is 0.177 e. The van der Waals surface area contributed by atoms with Gasteiger partial charge in [-0.2, -0.15) is 0 Å². The molecule has 0 saturated carbocycles. The zero-order valence-corrected chi connectivity index (χ0v) is 6.60. The van der Waals surface area contributed by atoms with Gasteiger partial charge >= 0.3 is 0 Å². The lowest BCUT2D eigenvalue weighted by molar-refractivity contribution is 0.318. The van der Waals surface area contributed by atoms with Gasteiger partial charge in [-0.05, 0) is 6.07 Å². The number of amidine groups is 1. The van der Waals surface area contributed by atoms with Gasteiger partial charge < -0.3 is 15.9 Å². The fraction of sp³-hybridized carbons (Fsp3) is 0. The highest BCUT2D eigenvalue weighted by atomic mass is 16.4. The molecule has 2 heterocycles. The van der Waals surface area contributed by atoms with Gasteiger partial charge in [-0.3, -0.25) is 0 Å². The Morgan fingerprint density at radius 2 is 2.38 bits per heavy atom. The molecule has 0 aromatic carbocycles. The van der Waals surface area contributed by atoms with Crippen LogP contribution in [0.2, 0.25) is 0 Å². The first-order valence-electron chi connectivity index (χ1n) is 3.58. The van der Waals surface area contributed by atoms with E-state index in [1.165, 1.54) is 12.5 Å². The van der Waals surface area contributed by atoms with Gasteiger partial charge in [0, 0.05) is 11.8 Å². The van der Waals surface area contributed by atoms with Gasteiger partial charge in [0.25, 0.3) is 0 Å². The highest BCUT2D eigenvalue weighted by Gasteiger charge is 2.02. The highest BCUT2D eigenvalue weighted by Crippen LogP contribution is 2.07. The molecule has 0 aliphatic rings. The topological polar surface area (TPSA) is 100 Å². The number of rotatable bonds is 1. The van der Waals surface area contributed by atoms with Crippen molar-refractivity contribution in [3.8, 4) is 0 Å². The molecule has 0 amide bonds. The van der Waals surface area contributed by atoms with Crippen LogP contribution in [-0.4, -0.2) is 26.0 Å². The summed E-state index contributed by atoms with van der Waals surface area (Å²) in [5, 5.41) is 11.3. The number of hydrogen-bond acceptors (Lipinski definition) is 4. The summed E-state index contributed by atoms with van der Waals surface area (Å²) in [6, 6.07) is 1.71. The molecule has 0 atom stereocenters. The number of nitrogens with zero attached hydrogens (tertiary/aromatic N) is 3. The van der Waals surface area contributed by atoms with Crippen LogP contribution in [0.1, 0.15) is 5.56 Å². The van der Waals surface area contributed by atoms with Crippen LogP contribution in [0.4, 0.5) is 0 Å². The van der Waals surface area contributed by atoms with Crippen LogP contribution >= 0.6 is 0 Å². The van der Waals surface area contributed by atoms with Gasteiger partial charge in [0.2, 0.25) is 0 Å². The number of hydrogen-bond donors (Lipinski definition) is 3. The van der Waals surface area contributed by atoms with Crippen LogP contribution in [0.25, 0.3) is 11.2 Å². The third-order valence-corrected chi connectivity index (χ3v) is 1.68. The Bertz CT molecular complexity index is 461. The summed E-state index contributed by atoms with van der Waals surface area (Å²) < 4.78 is 0. The molecule has 4 N–H and O–H groups in total. The second-order valence-electron chi connectivity index (χ2n) is 2.48. The minimum Gasteiger partial charge on any atom is -0.409 e. The number of aromatic nitrogens is 3. The molecule has 0 spiro atoms. The number of fused-ring (bicyclic) bond motifs is 1. The summed E-state index contributed by atoms with van der Waals surface area (Å²) >= 11 is 0. The number of H-pyrrole nitrogens is 1. The number of pyridine rings is 1. The Morgan fingerprint density at radius 3 is 3.15 bits per heavy atom. The molecule has 0 aliphatic carbocycles. The van der Waals surface area contributed by atoms with E-state index in [1.807, 2.05) is 0 Å². The summed E-state index contributed by atoms with van der Waals surface area (Å²) in [6.07, 6.45) is 3.03. The first-order valence-corrected chi connectivity index (χ1v) is 3.58. The largest absolute Gasteiger partial charge is 0.409 e. The van der Waals surface area contributed by atoms with Crippen molar-refractivity contribution < 1.29 is 5.21 Å². The molecule has 66 valence electrons. The maximum absolute atomic E-state index is 8.42. The van der Waals surface area contributed by atoms with E-state index in [-0.39, 0.29) is 5.84 Å². The minimum atomic E-state index is 0.0315. The maximum atomic E-state index is 8.42. The zero-order valence-electron chi connectivity index (χ0n) is 6.60. The minimum absolute atomic E-state index is 0.0315. The van der Waals surface area contributed by atoms with E-state index in [0.29, 0.717) is 11.2 Å². The molecule has 2 rings (SSSR count). The molecule has 6 nitrogen and oxygen atoms in total. The number of nitrogens with one attached hydrogen (secondary N) is 1. The lowest BCUT2D eigenvalue weighted by Crippen LogP contribution is -2.13. The average molecular weight is 177 g/mol. The second kappa shape index (κ2) is 2.74. The molecule has 2 aromatic heterocycles. The molecule has 0 bridgehead atoms. The molecule has 0 radical (unpaired) electrons. The maximum Gasteiger partial charge on any atom is 0.177 e. The van der Waals surface area contributed by atoms with E-state index in [2.05, 4.69) is 20.1 Å². The molecule has 6 heteroatoms. The van der Waals surface area contributed by atoms with Gasteiger partial charge in [0.15, 0.2) is 11.5 Å². The van der Waals surface area contributed by atoms with Crippen molar-refractivity contribution >= 4 is 17.0 Å². The summed E-state index contributed by atoms with van der Waals surface area (Å²) in [7, 11) is 0. The Balaban J connectivity index is 2.60. The van der Waals surface area contributed by atoms with Crippen LogP contribution < -0.4 is 5.73 Å². The van der Waals surface area contributed by atoms with E-state index in [9.17, 15) is 0 Å². The standard InChI is InChI=1S/C7H7N5O/c8-6(12-13)4-1-5-7(9-2-4)11-3-10-5/h1-3,13H,(H2,8,12)(H,9,10,11). The summed E-state index contributed by atoms with van der Waals surface area (Å²) in [5.41, 5.74) is 7.29. The van der Waals surface area contributed by atoms with Crippen molar-refractivity contribution in [1.29, 1.82) is 0 Å². The van der Waals surface area contributed by atoms with Crippen LogP contribution in [0.3, 0.4) is 0 Å². The van der Waals surface area contributed by atoms with E-state index in [4.69, 9.17) is 10.9 Å². The van der Waals surface area contributed by atoms with Crippen molar-refractivity contribution in [3.05, 3.63) is 24.2 Å². The van der Waals surface area contributed by atoms with E-state index >= 15 is 0 Å². The average Bonchev–Trinajstić information content (AvgIpc) is 2.63. The molecule has 2 aromatic rings. The van der Waals surface area contributed by atoms with E-state index < -0.39 is 0 Å². The normalized spacial score (nSPS) is 12.2. The Labute approximate surface area is 73.1 Å². The molecule has 13 heavy (non-hydrogen) atoms. The van der Waals surface area contributed by atoms with Gasteiger partial charge in [-0.15, -0.1) is 0 Å². The van der Waals surface area contributed by atoms with Gasteiger partial charge in [0.05, 0.1) is 11.8 Å². The Kier molecular flexibility index (Phi) is 1.59. The highest BCUT2D eigenvalue weighted by molar-refractivity contribution is 5.98. The van der Waals surface area contributed by atoms with Crippen molar-refractivity contribution in [2.24, 2.45) is 10.9 Å². The molecular weight excluding hydrogens is 170 g/mol. The zero-order chi connectivity index (χ0) is 9.26. The predicted molar refractivity (Wildman–Crippen MR) is 46.4 cm³/mol. The van der Waals surface area contributed by atoms with Gasteiger partial charge in [-0.1, -0.05) is 5.16 Å². The number of oxime groups is 1. The van der Waals surface area contributed by atoms with E-state index in [1.54, 1.807) is 6.07 Å². The Morgan fingerprint density at radius 1 is 1.54 bits per heavy atom. The van der Waals surface area contributed by atoms with Crippen molar-refractivity contribution in [2.45, 2.75) is 0 Å². The van der Waals surface area contributed by atoms with Crippen LogP contribution in [0.5, 0.6) is 0 Å². The number of nitrogens with two attached hydrogens (primary N) is 1.